The van der Waals surface area contributed by atoms with Crippen LogP contribution in [0.1, 0.15) is 32.7 Å². The maximum Gasteiger partial charge on any atom is 0.326 e. The summed E-state index contributed by atoms with van der Waals surface area (Å²) >= 11 is 1.50. The molecular formula is C18H24N4O4S. The number of carboxylic acids is 1. The average Bonchev–Trinajstić information content (AvgIpc) is 2.63. The van der Waals surface area contributed by atoms with Crippen LogP contribution in [0.3, 0.4) is 0 Å². The van der Waals surface area contributed by atoms with Gasteiger partial charge in [0.05, 0.1) is 5.39 Å². The van der Waals surface area contributed by atoms with Crippen molar-refractivity contribution in [3.63, 3.8) is 0 Å². The van der Waals surface area contributed by atoms with E-state index < -0.39 is 29.5 Å². The van der Waals surface area contributed by atoms with Crippen LogP contribution in [0.15, 0.2) is 29.1 Å². The molecule has 9 heteroatoms. The zero-order valence-electron chi connectivity index (χ0n) is 15.6. The summed E-state index contributed by atoms with van der Waals surface area (Å²) in [6.45, 7) is 3.84. The number of rotatable bonds is 9. The molecule has 0 spiro atoms. The van der Waals surface area contributed by atoms with Crippen LogP contribution in [0.5, 0.6) is 0 Å². The van der Waals surface area contributed by atoms with Crippen molar-refractivity contribution in [2.24, 2.45) is 5.92 Å². The molecule has 0 fully saturated rings. The summed E-state index contributed by atoms with van der Waals surface area (Å²) in [6, 6.07) is 4.84. The van der Waals surface area contributed by atoms with Crippen LogP contribution >= 0.6 is 11.8 Å². The van der Waals surface area contributed by atoms with Crippen molar-refractivity contribution in [1.82, 2.24) is 20.3 Å². The molecule has 2 unspecified atom stereocenters. The van der Waals surface area contributed by atoms with Crippen LogP contribution < -0.4 is 10.9 Å². The van der Waals surface area contributed by atoms with Gasteiger partial charge in [-0.05, 0) is 42.9 Å². The minimum atomic E-state index is -1.10. The van der Waals surface area contributed by atoms with Gasteiger partial charge in [-0.25, -0.2) is 4.79 Å². The highest BCUT2D eigenvalue weighted by molar-refractivity contribution is 7.98. The van der Waals surface area contributed by atoms with Gasteiger partial charge in [0.2, 0.25) is 5.91 Å². The number of carbonyl (C=O) groups is 2. The van der Waals surface area contributed by atoms with E-state index in [4.69, 9.17) is 0 Å². The smallest absolute Gasteiger partial charge is 0.326 e. The average molecular weight is 392 g/mol. The number of carboxylic acid groups (broad SMARTS) is 1. The Kier molecular flexibility index (Phi) is 7.35. The number of thioether (sulfide) groups is 1. The fraction of sp³-hybridized carbons (Fsp3) is 0.500. The van der Waals surface area contributed by atoms with Crippen LogP contribution in [0.25, 0.3) is 10.9 Å². The van der Waals surface area contributed by atoms with Crippen molar-refractivity contribution in [2.45, 2.75) is 38.8 Å². The van der Waals surface area contributed by atoms with Crippen LogP contribution in [0, 0.1) is 5.92 Å². The highest BCUT2D eigenvalue weighted by Crippen LogP contribution is 2.17. The first-order chi connectivity index (χ1) is 12.8. The largest absolute Gasteiger partial charge is 0.480 e. The van der Waals surface area contributed by atoms with Gasteiger partial charge in [0.15, 0.2) is 0 Å². The van der Waals surface area contributed by atoms with Crippen molar-refractivity contribution >= 4 is 34.5 Å². The zero-order valence-corrected chi connectivity index (χ0v) is 16.4. The molecule has 0 bridgehead atoms. The Labute approximate surface area is 161 Å². The number of nitrogens with zero attached hydrogens (tertiary/aromatic N) is 3. The van der Waals surface area contributed by atoms with E-state index in [0.717, 1.165) is 4.68 Å². The Morgan fingerprint density at radius 1 is 1.30 bits per heavy atom. The third-order valence-electron chi connectivity index (χ3n) is 4.11. The molecular weight excluding hydrogens is 368 g/mol. The topological polar surface area (TPSA) is 114 Å². The third-order valence-corrected chi connectivity index (χ3v) is 4.75. The van der Waals surface area contributed by atoms with Crippen molar-refractivity contribution in [3.05, 3.63) is 34.6 Å². The summed E-state index contributed by atoms with van der Waals surface area (Å²) in [5.41, 5.74) is 0.0308. The van der Waals surface area contributed by atoms with E-state index in [-0.39, 0.29) is 5.92 Å². The lowest BCUT2D eigenvalue weighted by atomic mass is 10.0. The van der Waals surface area contributed by atoms with Gasteiger partial charge in [-0.2, -0.15) is 16.4 Å². The van der Waals surface area contributed by atoms with E-state index in [0.29, 0.717) is 29.5 Å². The van der Waals surface area contributed by atoms with Crippen LogP contribution in [-0.4, -0.2) is 50.0 Å². The Morgan fingerprint density at radius 3 is 2.63 bits per heavy atom. The van der Waals surface area contributed by atoms with Gasteiger partial charge in [0, 0.05) is 0 Å². The van der Waals surface area contributed by atoms with Crippen molar-refractivity contribution in [1.29, 1.82) is 0 Å². The van der Waals surface area contributed by atoms with E-state index >= 15 is 0 Å². The van der Waals surface area contributed by atoms with Gasteiger partial charge in [-0.3, -0.25) is 9.59 Å². The standard InChI is InChI=1S/C18H24N4O4S/c1-11(2)10-15(16(23)19-14(18(25)26)8-9-27-3)22-17(24)12-6-4-5-7-13(12)20-21-22/h4-7,11,14-15H,8-10H2,1-3H3,(H,19,23)(H,25,26). The summed E-state index contributed by atoms with van der Waals surface area (Å²) in [5.74, 6) is -0.945. The monoisotopic (exact) mass is 392 g/mol. The highest BCUT2D eigenvalue weighted by atomic mass is 32.2. The molecule has 0 aliphatic rings. The van der Waals surface area contributed by atoms with Gasteiger partial charge in [0.1, 0.15) is 17.6 Å². The number of amides is 1. The van der Waals surface area contributed by atoms with Crippen molar-refractivity contribution in [2.75, 3.05) is 12.0 Å². The first-order valence-electron chi connectivity index (χ1n) is 8.71. The van der Waals surface area contributed by atoms with Crippen LogP contribution in [0.4, 0.5) is 0 Å². The molecule has 1 heterocycles. The Bertz CT molecular complexity index is 868. The second-order valence-electron chi connectivity index (χ2n) is 6.68. The fourth-order valence-electron chi connectivity index (χ4n) is 2.73. The number of fused-ring (bicyclic) bond motifs is 1. The SMILES string of the molecule is CSCCC(NC(=O)C(CC(C)C)n1nnc2ccccc2c1=O)C(=O)O. The first kappa shape index (κ1) is 20.9. The van der Waals surface area contributed by atoms with E-state index in [1.54, 1.807) is 24.3 Å². The summed E-state index contributed by atoms with van der Waals surface area (Å²) in [7, 11) is 0. The van der Waals surface area contributed by atoms with Gasteiger partial charge in [0.25, 0.3) is 5.56 Å². The van der Waals surface area contributed by atoms with E-state index in [2.05, 4.69) is 15.6 Å². The van der Waals surface area contributed by atoms with Gasteiger partial charge in [-0.1, -0.05) is 31.2 Å². The maximum absolute atomic E-state index is 12.8. The molecule has 0 aliphatic heterocycles. The molecule has 2 aromatic rings. The molecule has 2 N–H and O–H groups in total. The second-order valence-corrected chi connectivity index (χ2v) is 7.67. The molecule has 0 aliphatic carbocycles. The Morgan fingerprint density at radius 2 is 2.00 bits per heavy atom. The maximum atomic E-state index is 12.8. The van der Waals surface area contributed by atoms with Gasteiger partial charge in [-0.15, -0.1) is 5.10 Å². The van der Waals surface area contributed by atoms with Crippen LogP contribution in [0.2, 0.25) is 0 Å². The number of carbonyl (C=O) groups excluding carboxylic acids is 1. The van der Waals surface area contributed by atoms with Gasteiger partial charge >= 0.3 is 5.97 Å². The Hall–Kier alpha value is -2.42. The molecule has 1 amide bonds. The molecule has 1 aromatic carbocycles. The second kappa shape index (κ2) is 9.50. The molecule has 2 atom stereocenters. The molecule has 2 rings (SSSR count). The summed E-state index contributed by atoms with van der Waals surface area (Å²) in [5, 5.41) is 20.2. The summed E-state index contributed by atoms with van der Waals surface area (Å²) in [4.78, 5) is 37.1. The molecule has 1 aromatic heterocycles. The molecule has 146 valence electrons. The molecule has 0 saturated heterocycles. The number of nitrogens with one attached hydrogen (secondary N) is 1. The number of aliphatic carboxylic acids is 1. The first-order valence-corrected chi connectivity index (χ1v) is 10.1. The van der Waals surface area contributed by atoms with Gasteiger partial charge < -0.3 is 10.4 Å². The summed E-state index contributed by atoms with van der Waals surface area (Å²) < 4.78 is 1.06. The molecule has 27 heavy (non-hydrogen) atoms. The van der Waals surface area contributed by atoms with Crippen molar-refractivity contribution < 1.29 is 14.7 Å². The Balaban J connectivity index is 2.37. The molecule has 0 radical (unpaired) electrons. The minimum Gasteiger partial charge on any atom is -0.480 e. The van der Waals surface area contributed by atoms with Crippen molar-refractivity contribution in [3.8, 4) is 0 Å². The predicted molar refractivity (Wildman–Crippen MR) is 105 cm³/mol. The third kappa shape index (κ3) is 5.29. The lowest BCUT2D eigenvalue weighted by Gasteiger charge is -2.22. The number of aromatic nitrogens is 3. The van der Waals surface area contributed by atoms with Crippen LogP contribution in [-0.2, 0) is 9.59 Å². The molecule has 0 saturated carbocycles. The molecule has 8 nitrogen and oxygen atoms in total. The number of hydrogen-bond acceptors (Lipinski definition) is 6. The zero-order chi connectivity index (χ0) is 20.0. The van der Waals surface area contributed by atoms with E-state index in [1.165, 1.54) is 11.8 Å². The lowest BCUT2D eigenvalue weighted by molar-refractivity contribution is -0.142. The normalized spacial score (nSPS) is 13.5. The highest BCUT2D eigenvalue weighted by Gasteiger charge is 2.29. The van der Waals surface area contributed by atoms with E-state index in [1.807, 2.05) is 20.1 Å². The fourth-order valence-corrected chi connectivity index (χ4v) is 3.20. The number of hydrogen-bond donors (Lipinski definition) is 2. The summed E-state index contributed by atoms with van der Waals surface area (Å²) in [6.07, 6.45) is 2.51. The van der Waals surface area contributed by atoms with E-state index in [9.17, 15) is 19.5 Å². The quantitative estimate of drug-likeness (QED) is 0.667. The lowest BCUT2D eigenvalue weighted by Crippen LogP contribution is -2.47. The minimum absolute atomic E-state index is 0.0930. The predicted octanol–water partition coefficient (Wildman–Crippen LogP) is 1.70. The number of benzene rings is 1.